The highest BCUT2D eigenvalue weighted by atomic mass is 16.3. The smallest absolute Gasteiger partial charge is 0.122 e. The maximum atomic E-state index is 9.73. The van der Waals surface area contributed by atoms with Crippen LogP contribution in [-0.2, 0) is 13.6 Å². The molecule has 0 bridgehead atoms. The summed E-state index contributed by atoms with van der Waals surface area (Å²) >= 11 is 0. The molecule has 0 aliphatic rings. The molecule has 4 heteroatoms. The normalized spacial score (nSPS) is 13.0. The summed E-state index contributed by atoms with van der Waals surface area (Å²) in [5.41, 5.74) is 0. The summed E-state index contributed by atoms with van der Waals surface area (Å²) in [7, 11) is 3.97. The van der Waals surface area contributed by atoms with Crippen molar-refractivity contribution in [1.29, 1.82) is 0 Å². The minimum absolute atomic E-state index is 0.289. The maximum Gasteiger partial charge on any atom is 0.122 e. The molecule has 0 saturated carbocycles. The number of hydrogen-bond donors (Lipinski definition) is 1. The molecule has 1 aromatic heterocycles. The molecule has 1 rings (SSSR count). The number of likely N-dealkylation sites (N-methyl/N-ethyl adjacent to an activating group) is 1. The Hall–Kier alpha value is -1.13. The molecule has 0 radical (unpaired) electrons. The highest BCUT2D eigenvalue weighted by Crippen LogP contribution is 2.03. The zero-order chi connectivity index (χ0) is 12.0. The number of aliphatic hydroxyl groups is 1. The van der Waals surface area contributed by atoms with Crippen LogP contribution in [0, 0.1) is 0 Å². The van der Waals surface area contributed by atoms with Crippen molar-refractivity contribution < 1.29 is 5.11 Å². The average molecular weight is 223 g/mol. The Labute approximate surface area is 97.2 Å². The van der Waals surface area contributed by atoms with Gasteiger partial charge in [-0.2, -0.15) is 0 Å². The van der Waals surface area contributed by atoms with Gasteiger partial charge >= 0.3 is 0 Å². The third-order valence-corrected chi connectivity index (χ3v) is 2.56. The van der Waals surface area contributed by atoms with Gasteiger partial charge in [-0.25, -0.2) is 4.98 Å². The summed E-state index contributed by atoms with van der Waals surface area (Å²) in [6.45, 7) is 5.07. The maximum absolute atomic E-state index is 9.73. The van der Waals surface area contributed by atoms with Gasteiger partial charge in [0.1, 0.15) is 5.82 Å². The number of imidazole rings is 1. The molecule has 1 unspecified atom stereocenters. The van der Waals surface area contributed by atoms with Crippen molar-refractivity contribution in [2.45, 2.75) is 25.5 Å². The van der Waals surface area contributed by atoms with E-state index in [2.05, 4.69) is 16.5 Å². The van der Waals surface area contributed by atoms with Crippen LogP contribution in [-0.4, -0.2) is 39.3 Å². The molecule has 0 aliphatic heterocycles. The Balaban J connectivity index is 2.33. The Morgan fingerprint density at radius 1 is 1.69 bits per heavy atom. The number of aromatic nitrogens is 2. The second-order valence-electron chi connectivity index (χ2n) is 4.17. The summed E-state index contributed by atoms with van der Waals surface area (Å²) in [4.78, 5) is 6.33. The molecule has 1 atom stereocenters. The number of nitrogens with zero attached hydrogens (tertiary/aromatic N) is 3. The van der Waals surface area contributed by atoms with Gasteiger partial charge < -0.3 is 9.67 Å². The van der Waals surface area contributed by atoms with Crippen LogP contribution in [0.5, 0.6) is 0 Å². The lowest BCUT2D eigenvalue weighted by atomic mass is 10.2. The largest absolute Gasteiger partial charge is 0.392 e. The number of aryl methyl sites for hydroxylation is 1. The van der Waals surface area contributed by atoms with Crippen LogP contribution in [0.25, 0.3) is 0 Å². The topological polar surface area (TPSA) is 41.3 Å². The third kappa shape index (κ3) is 4.16. The Morgan fingerprint density at radius 2 is 2.44 bits per heavy atom. The molecule has 1 N–H and O–H groups in total. The predicted octanol–water partition coefficient (Wildman–Crippen LogP) is 1.18. The van der Waals surface area contributed by atoms with E-state index in [0.29, 0.717) is 6.54 Å². The van der Waals surface area contributed by atoms with E-state index in [1.54, 1.807) is 6.20 Å². The van der Waals surface area contributed by atoms with Gasteiger partial charge in [-0.3, -0.25) is 4.90 Å². The van der Waals surface area contributed by atoms with E-state index in [1.165, 1.54) is 0 Å². The van der Waals surface area contributed by atoms with E-state index in [1.807, 2.05) is 30.9 Å². The van der Waals surface area contributed by atoms with Gasteiger partial charge in [0, 0.05) is 26.0 Å². The van der Waals surface area contributed by atoms with E-state index in [9.17, 15) is 5.11 Å². The molecular weight excluding hydrogens is 202 g/mol. The fourth-order valence-corrected chi connectivity index (χ4v) is 1.62. The van der Waals surface area contributed by atoms with E-state index in [-0.39, 0.29) is 6.10 Å². The van der Waals surface area contributed by atoms with Crippen molar-refractivity contribution in [3.8, 4) is 0 Å². The zero-order valence-electron chi connectivity index (χ0n) is 10.1. The van der Waals surface area contributed by atoms with Crippen LogP contribution in [0.1, 0.15) is 18.7 Å². The molecule has 0 aliphatic carbocycles. The van der Waals surface area contributed by atoms with Crippen molar-refractivity contribution in [1.82, 2.24) is 14.5 Å². The second-order valence-corrected chi connectivity index (χ2v) is 4.17. The van der Waals surface area contributed by atoms with Crippen LogP contribution in [0.15, 0.2) is 25.0 Å². The number of hydrogen-bond acceptors (Lipinski definition) is 3. The lowest BCUT2D eigenvalue weighted by Gasteiger charge is -2.19. The summed E-state index contributed by atoms with van der Waals surface area (Å²) in [5.74, 6) is 1.01. The summed E-state index contributed by atoms with van der Waals surface area (Å²) in [6, 6.07) is 0. The van der Waals surface area contributed by atoms with Gasteiger partial charge in [0.25, 0.3) is 0 Å². The first-order valence-corrected chi connectivity index (χ1v) is 5.57. The summed E-state index contributed by atoms with van der Waals surface area (Å²) in [6.07, 6.45) is 6.89. The van der Waals surface area contributed by atoms with Crippen LogP contribution in [0.3, 0.4) is 0 Å². The van der Waals surface area contributed by atoms with Crippen molar-refractivity contribution >= 4 is 0 Å². The van der Waals surface area contributed by atoms with Crippen LogP contribution >= 0.6 is 0 Å². The number of rotatable bonds is 7. The molecule has 0 amide bonds. The van der Waals surface area contributed by atoms with Gasteiger partial charge in [0.05, 0.1) is 12.6 Å². The van der Waals surface area contributed by atoms with Gasteiger partial charge in [0.2, 0.25) is 0 Å². The Bertz CT molecular complexity index is 322. The van der Waals surface area contributed by atoms with Crippen LogP contribution in [0.2, 0.25) is 0 Å². The lowest BCUT2D eigenvalue weighted by molar-refractivity contribution is 0.114. The minimum Gasteiger partial charge on any atom is -0.392 e. The van der Waals surface area contributed by atoms with Crippen molar-refractivity contribution in [2.75, 3.05) is 13.6 Å². The zero-order valence-corrected chi connectivity index (χ0v) is 10.1. The number of aliphatic hydroxyl groups excluding tert-OH is 1. The van der Waals surface area contributed by atoms with Crippen molar-refractivity contribution in [3.63, 3.8) is 0 Å². The Morgan fingerprint density at radius 3 is 3.00 bits per heavy atom. The van der Waals surface area contributed by atoms with Crippen molar-refractivity contribution in [2.24, 2.45) is 7.05 Å². The van der Waals surface area contributed by atoms with Crippen molar-refractivity contribution in [3.05, 3.63) is 30.9 Å². The highest BCUT2D eigenvalue weighted by molar-refractivity contribution is 4.90. The van der Waals surface area contributed by atoms with Gasteiger partial charge in [-0.05, 0) is 19.9 Å². The molecule has 1 aromatic rings. The first-order chi connectivity index (χ1) is 7.63. The average Bonchev–Trinajstić information content (AvgIpc) is 2.61. The number of allylic oxidation sites excluding steroid dienone is 1. The first-order valence-electron chi connectivity index (χ1n) is 5.57. The van der Waals surface area contributed by atoms with Crippen LogP contribution in [0.4, 0.5) is 0 Å². The van der Waals surface area contributed by atoms with Gasteiger partial charge in [-0.15, -0.1) is 6.58 Å². The second kappa shape index (κ2) is 6.45. The quantitative estimate of drug-likeness (QED) is 0.706. The molecule has 90 valence electrons. The Kier molecular flexibility index (Phi) is 5.22. The molecule has 16 heavy (non-hydrogen) atoms. The predicted molar refractivity (Wildman–Crippen MR) is 65.0 cm³/mol. The molecule has 4 nitrogen and oxygen atoms in total. The first kappa shape index (κ1) is 12.9. The monoisotopic (exact) mass is 223 g/mol. The van der Waals surface area contributed by atoms with E-state index < -0.39 is 0 Å². The van der Waals surface area contributed by atoms with E-state index in [0.717, 1.165) is 25.2 Å². The molecule has 0 saturated heterocycles. The van der Waals surface area contributed by atoms with E-state index in [4.69, 9.17) is 0 Å². The third-order valence-electron chi connectivity index (χ3n) is 2.56. The fourth-order valence-electron chi connectivity index (χ4n) is 1.62. The minimum atomic E-state index is -0.289. The molecule has 1 heterocycles. The standard InChI is InChI=1S/C12H21N3O/c1-4-5-6-11(16)9-14(2)10-12-13-7-8-15(12)3/h4,7-8,11,16H,1,5-6,9-10H2,2-3H3. The SMILES string of the molecule is C=CCCC(O)CN(C)Cc1nccn1C. The summed E-state index contributed by atoms with van der Waals surface area (Å²) < 4.78 is 1.99. The molecule has 0 aromatic carbocycles. The fraction of sp³-hybridized carbons (Fsp3) is 0.583. The van der Waals surface area contributed by atoms with Gasteiger partial charge in [-0.1, -0.05) is 6.08 Å². The van der Waals surface area contributed by atoms with Crippen LogP contribution < -0.4 is 0 Å². The summed E-state index contributed by atoms with van der Waals surface area (Å²) in [5, 5.41) is 9.73. The van der Waals surface area contributed by atoms with Gasteiger partial charge in [0.15, 0.2) is 0 Å². The lowest BCUT2D eigenvalue weighted by Crippen LogP contribution is -2.29. The molecule has 0 fully saturated rings. The van der Waals surface area contributed by atoms with E-state index >= 15 is 0 Å². The molecular formula is C12H21N3O. The highest BCUT2D eigenvalue weighted by Gasteiger charge is 2.09. The molecule has 0 spiro atoms.